The summed E-state index contributed by atoms with van der Waals surface area (Å²) in [5.41, 5.74) is 9.27. The molecule has 0 unspecified atom stereocenters. The summed E-state index contributed by atoms with van der Waals surface area (Å²) in [6.45, 7) is 5.98. The van der Waals surface area contributed by atoms with Crippen molar-refractivity contribution in [1.29, 1.82) is 0 Å². The van der Waals surface area contributed by atoms with Crippen molar-refractivity contribution in [2.75, 3.05) is 0 Å². The second-order valence-electron chi connectivity index (χ2n) is 11.2. The number of hydrogen-bond donors (Lipinski definition) is 0. The Labute approximate surface area is 257 Å². The molecule has 0 saturated carbocycles. The summed E-state index contributed by atoms with van der Waals surface area (Å²) in [6.07, 6.45) is 5.93. The zero-order valence-electron chi connectivity index (χ0n) is 24.5. The molecule has 0 bridgehead atoms. The van der Waals surface area contributed by atoms with E-state index in [0.29, 0.717) is 0 Å². The van der Waals surface area contributed by atoms with Gasteiger partial charge in [-0.3, -0.25) is 0 Å². The third kappa shape index (κ3) is 4.09. The fraction of sp³-hybridized carbons (Fsp3) is 0.0233. The van der Waals surface area contributed by atoms with Gasteiger partial charge in [0, 0.05) is 10.9 Å². The van der Waals surface area contributed by atoms with E-state index in [0.717, 1.165) is 27.9 Å². The number of hydrogen-bond acceptors (Lipinski definition) is 1. The van der Waals surface area contributed by atoms with Crippen molar-refractivity contribution in [1.82, 2.24) is 0 Å². The summed E-state index contributed by atoms with van der Waals surface area (Å²) < 4.78 is 6.09. The van der Waals surface area contributed by atoms with Gasteiger partial charge in [0.2, 0.25) is 0 Å². The lowest BCUT2D eigenvalue weighted by Gasteiger charge is -2.19. The van der Waals surface area contributed by atoms with Crippen molar-refractivity contribution < 1.29 is 4.42 Å². The molecule has 0 amide bonds. The minimum absolute atomic E-state index is 0.799. The van der Waals surface area contributed by atoms with Gasteiger partial charge >= 0.3 is 0 Å². The van der Waals surface area contributed by atoms with Gasteiger partial charge in [0.1, 0.15) is 11.3 Å². The average molecular weight is 563 g/mol. The second-order valence-corrected chi connectivity index (χ2v) is 11.2. The molecule has 0 aliphatic carbocycles. The zero-order chi connectivity index (χ0) is 29.6. The lowest BCUT2D eigenvalue weighted by Crippen LogP contribution is -1.92. The van der Waals surface area contributed by atoms with E-state index in [2.05, 4.69) is 146 Å². The molecular formula is C43H30O. The first-order valence-electron chi connectivity index (χ1n) is 15.1. The Morgan fingerprint density at radius 3 is 1.82 bits per heavy atom. The Morgan fingerprint density at radius 1 is 0.523 bits per heavy atom. The van der Waals surface area contributed by atoms with E-state index in [1.165, 1.54) is 60.1 Å². The highest BCUT2D eigenvalue weighted by molar-refractivity contribution is 6.23. The van der Waals surface area contributed by atoms with Crippen LogP contribution < -0.4 is 0 Å². The van der Waals surface area contributed by atoms with E-state index >= 15 is 0 Å². The number of fused-ring (bicyclic) bond motifs is 4. The summed E-state index contributed by atoms with van der Waals surface area (Å²) in [4.78, 5) is 0. The first kappa shape index (κ1) is 26.0. The molecule has 8 rings (SSSR count). The van der Waals surface area contributed by atoms with Crippen molar-refractivity contribution >= 4 is 55.4 Å². The van der Waals surface area contributed by atoms with Crippen molar-refractivity contribution in [3.63, 3.8) is 0 Å². The third-order valence-corrected chi connectivity index (χ3v) is 8.75. The Bertz CT molecular complexity index is 2360. The molecule has 208 valence electrons. The molecule has 0 saturated heterocycles. The molecule has 0 atom stereocenters. The van der Waals surface area contributed by atoms with Gasteiger partial charge in [-0.05, 0) is 96.9 Å². The number of allylic oxidation sites excluding steroid dienone is 1. The van der Waals surface area contributed by atoms with E-state index < -0.39 is 0 Å². The smallest absolute Gasteiger partial charge is 0.135 e. The highest BCUT2D eigenvalue weighted by Gasteiger charge is 2.18. The van der Waals surface area contributed by atoms with Gasteiger partial charge in [0.15, 0.2) is 0 Å². The van der Waals surface area contributed by atoms with E-state index in [4.69, 9.17) is 4.42 Å². The van der Waals surface area contributed by atoms with Crippen molar-refractivity contribution in [3.05, 3.63) is 157 Å². The van der Waals surface area contributed by atoms with E-state index in [1.54, 1.807) is 6.08 Å². The Morgan fingerprint density at radius 2 is 1.11 bits per heavy atom. The summed E-state index contributed by atoms with van der Waals surface area (Å²) >= 11 is 0. The SMILES string of the molecule is C=Cc1oc2ccc(-c3cccc(-c4c5ccccc5c(-c5cccc6ccccc56)c5ccccc45)c3)cc2c1/C=C\C. The number of furan rings is 1. The van der Waals surface area contributed by atoms with Gasteiger partial charge in [0.25, 0.3) is 0 Å². The highest BCUT2D eigenvalue weighted by atomic mass is 16.3. The van der Waals surface area contributed by atoms with Gasteiger partial charge in [-0.2, -0.15) is 0 Å². The van der Waals surface area contributed by atoms with Crippen molar-refractivity contribution in [2.45, 2.75) is 6.92 Å². The molecule has 1 heteroatoms. The Kier molecular flexibility index (Phi) is 6.24. The second kappa shape index (κ2) is 10.6. The van der Waals surface area contributed by atoms with Gasteiger partial charge in [-0.1, -0.05) is 134 Å². The number of benzene rings is 7. The predicted molar refractivity (Wildman–Crippen MR) is 190 cm³/mol. The lowest BCUT2D eigenvalue weighted by molar-refractivity contribution is 0.603. The molecule has 0 N–H and O–H groups in total. The minimum Gasteiger partial charge on any atom is -0.456 e. The molecule has 44 heavy (non-hydrogen) atoms. The molecule has 1 heterocycles. The summed E-state index contributed by atoms with van der Waals surface area (Å²) in [6, 6.07) is 48.5. The van der Waals surface area contributed by atoms with Gasteiger partial charge in [0.05, 0.1) is 0 Å². The normalized spacial score (nSPS) is 11.8. The third-order valence-electron chi connectivity index (χ3n) is 8.75. The van der Waals surface area contributed by atoms with Crippen LogP contribution in [0, 0.1) is 0 Å². The quantitative estimate of drug-likeness (QED) is 0.190. The average Bonchev–Trinajstić information content (AvgIpc) is 3.44. The van der Waals surface area contributed by atoms with Gasteiger partial charge in [-0.25, -0.2) is 0 Å². The van der Waals surface area contributed by atoms with Crippen LogP contribution in [0.25, 0.3) is 88.8 Å². The van der Waals surface area contributed by atoms with Gasteiger partial charge in [-0.15, -0.1) is 0 Å². The molecule has 1 nitrogen and oxygen atoms in total. The summed E-state index contributed by atoms with van der Waals surface area (Å²) in [5.74, 6) is 0.799. The van der Waals surface area contributed by atoms with Crippen LogP contribution in [0.15, 0.2) is 151 Å². The molecular weight excluding hydrogens is 532 g/mol. The standard InChI is InChI=1S/C43H30O/c1-3-13-33-39-27-30(24-25-41(39)44-40(33)4-2)29-16-11-17-31(26-29)42-35-19-7-9-21-37(35)43(38-22-10-8-20-36(38)42)34-23-12-15-28-14-5-6-18-32(28)34/h3-27H,2H2,1H3/b13-3-. The molecule has 0 aliphatic heterocycles. The highest BCUT2D eigenvalue weighted by Crippen LogP contribution is 2.45. The van der Waals surface area contributed by atoms with Crippen molar-refractivity contribution in [2.24, 2.45) is 0 Å². The van der Waals surface area contributed by atoms with Crippen LogP contribution in [0.3, 0.4) is 0 Å². The molecule has 0 radical (unpaired) electrons. The summed E-state index contributed by atoms with van der Waals surface area (Å²) in [7, 11) is 0. The first-order chi connectivity index (χ1) is 21.7. The predicted octanol–water partition coefficient (Wildman–Crippen LogP) is 12.6. The molecule has 0 fully saturated rings. The summed E-state index contributed by atoms with van der Waals surface area (Å²) in [5, 5.41) is 8.64. The Hall–Kier alpha value is -5.66. The molecule has 1 aromatic heterocycles. The maximum absolute atomic E-state index is 6.09. The largest absolute Gasteiger partial charge is 0.456 e. The topological polar surface area (TPSA) is 13.1 Å². The van der Waals surface area contributed by atoms with E-state index in [-0.39, 0.29) is 0 Å². The maximum atomic E-state index is 6.09. The molecule has 0 spiro atoms. The molecule has 7 aromatic carbocycles. The molecule has 8 aromatic rings. The van der Waals surface area contributed by atoms with E-state index in [1.807, 2.05) is 13.0 Å². The maximum Gasteiger partial charge on any atom is 0.135 e. The van der Waals surface area contributed by atoms with Crippen LogP contribution in [0.2, 0.25) is 0 Å². The molecule has 0 aliphatic rings. The fourth-order valence-electron chi connectivity index (χ4n) is 6.83. The van der Waals surface area contributed by atoms with Crippen molar-refractivity contribution in [3.8, 4) is 33.4 Å². The monoisotopic (exact) mass is 562 g/mol. The van der Waals surface area contributed by atoms with Crippen LogP contribution >= 0.6 is 0 Å². The fourth-order valence-corrected chi connectivity index (χ4v) is 6.83. The zero-order valence-corrected chi connectivity index (χ0v) is 24.5. The van der Waals surface area contributed by atoms with Gasteiger partial charge < -0.3 is 4.42 Å². The Balaban J connectivity index is 1.38. The lowest BCUT2D eigenvalue weighted by atomic mass is 9.84. The number of rotatable bonds is 5. The first-order valence-corrected chi connectivity index (χ1v) is 15.1. The van der Waals surface area contributed by atoms with Crippen LogP contribution in [0.4, 0.5) is 0 Å². The van der Waals surface area contributed by atoms with E-state index in [9.17, 15) is 0 Å². The minimum atomic E-state index is 0.799. The van der Waals surface area contributed by atoms with Crippen LogP contribution in [0.1, 0.15) is 18.2 Å². The van der Waals surface area contributed by atoms with Crippen LogP contribution in [-0.4, -0.2) is 0 Å². The van der Waals surface area contributed by atoms with Crippen LogP contribution in [-0.2, 0) is 0 Å². The van der Waals surface area contributed by atoms with Crippen LogP contribution in [0.5, 0.6) is 0 Å².